The number of nitrogens with zero attached hydrogens (tertiary/aromatic N) is 4. The monoisotopic (exact) mass is 322 g/mol. The van der Waals surface area contributed by atoms with Crippen molar-refractivity contribution < 1.29 is 4.79 Å². The fourth-order valence-electron chi connectivity index (χ4n) is 4.45. The maximum Gasteiger partial charge on any atom is 0.138 e. The van der Waals surface area contributed by atoms with Crippen LogP contribution in [-0.2, 0) is 4.79 Å². The quantitative estimate of drug-likeness (QED) is 0.697. The van der Waals surface area contributed by atoms with Crippen LogP contribution in [-0.4, -0.2) is 104 Å². The third-order valence-electron chi connectivity index (χ3n) is 6.07. The van der Waals surface area contributed by atoms with Gasteiger partial charge in [-0.3, -0.25) is 9.80 Å². The van der Waals surface area contributed by atoms with Crippen molar-refractivity contribution >= 4 is 6.29 Å². The molecule has 0 spiro atoms. The van der Waals surface area contributed by atoms with Gasteiger partial charge in [-0.25, -0.2) is 0 Å². The van der Waals surface area contributed by atoms with Crippen LogP contribution in [0.4, 0.5) is 0 Å². The van der Waals surface area contributed by atoms with Gasteiger partial charge in [-0.05, 0) is 58.9 Å². The van der Waals surface area contributed by atoms with Crippen LogP contribution in [0.1, 0.15) is 32.1 Å². The number of carbonyl (C=O) groups excluding carboxylic acids is 1. The van der Waals surface area contributed by atoms with E-state index >= 15 is 0 Å². The lowest BCUT2D eigenvalue weighted by molar-refractivity contribution is -0.114. The normalized spacial score (nSPS) is 28.7. The van der Waals surface area contributed by atoms with Crippen LogP contribution in [0, 0.1) is 0 Å². The highest BCUT2D eigenvalue weighted by Gasteiger charge is 2.29. The first-order chi connectivity index (χ1) is 11.3. The van der Waals surface area contributed by atoms with E-state index in [-0.39, 0.29) is 6.04 Å². The second-order valence-electron chi connectivity index (χ2n) is 7.67. The summed E-state index contributed by atoms with van der Waals surface area (Å²) in [6.07, 6.45) is 7.77. The van der Waals surface area contributed by atoms with E-state index in [0.29, 0.717) is 0 Å². The Morgan fingerprint density at radius 1 is 0.913 bits per heavy atom. The molecule has 23 heavy (non-hydrogen) atoms. The third-order valence-corrected chi connectivity index (χ3v) is 6.07. The highest BCUT2D eigenvalue weighted by Crippen LogP contribution is 2.18. The van der Waals surface area contributed by atoms with Crippen molar-refractivity contribution in [3.8, 4) is 0 Å². The van der Waals surface area contributed by atoms with Gasteiger partial charge in [-0.2, -0.15) is 0 Å². The van der Waals surface area contributed by atoms with Crippen LogP contribution in [0.15, 0.2) is 0 Å². The van der Waals surface area contributed by atoms with Gasteiger partial charge in [0.2, 0.25) is 0 Å². The molecule has 3 aliphatic heterocycles. The predicted octanol–water partition coefficient (Wildman–Crippen LogP) is 0.752. The van der Waals surface area contributed by atoms with Crippen molar-refractivity contribution in [1.82, 2.24) is 19.6 Å². The zero-order chi connectivity index (χ0) is 16.1. The third kappa shape index (κ3) is 4.75. The lowest BCUT2D eigenvalue weighted by atomic mass is 10.0. The molecule has 0 N–H and O–H groups in total. The second kappa shape index (κ2) is 8.56. The number of hydrogen-bond acceptors (Lipinski definition) is 5. The molecule has 3 heterocycles. The van der Waals surface area contributed by atoms with Gasteiger partial charge in [0.1, 0.15) is 6.29 Å². The highest BCUT2D eigenvalue weighted by molar-refractivity contribution is 5.58. The number of piperazine rings is 1. The Morgan fingerprint density at radius 3 is 2.17 bits per heavy atom. The summed E-state index contributed by atoms with van der Waals surface area (Å²) in [6, 6.07) is 0.873. The highest BCUT2D eigenvalue weighted by atomic mass is 16.1. The first-order valence-corrected chi connectivity index (χ1v) is 9.60. The van der Waals surface area contributed by atoms with Gasteiger partial charge >= 0.3 is 0 Å². The Morgan fingerprint density at radius 2 is 1.57 bits per heavy atom. The number of likely N-dealkylation sites (tertiary alicyclic amines) is 2. The summed E-state index contributed by atoms with van der Waals surface area (Å²) in [6.45, 7) is 10.2. The van der Waals surface area contributed by atoms with E-state index in [1.807, 2.05) is 0 Å². The molecule has 0 amide bonds. The molecular weight excluding hydrogens is 288 g/mol. The van der Waals surface area contributed by atoms with Gasteiger partial charge in [0.25, 0.3) is 0 Å². The summed E-state index contributed by atoms with van der Waals surface area (Å²) in [7, 11) is 2.23. The topological polar surface area (TPSA) is 30.0 Å². The van der Waals surface area contributed by atoms with E-state index in [4.69, 9.17) is 0 Å². The van der Waals surface area contributed by atoms with Crippen LogP contribution in [0.2, 0.25) is 0 Å². The average molecular weight is 322 g/mol. The average Bonchev–Trinajstić information content (AvgIpc) is 2.61. The van der Waals surface area contributed by atoms with Gasteiger partial charge in [-0.15, -0.1) is 0 Å². The van der Waals surface area contributed by atoms with E-state index in [0.717, 1.165) is 38.8 Å². The first kappa shape index (κ1) is 17.3. The minimum Gasteiger partial charge on any atom is -0.306 e. The summed E-state index contributed by atoms with van der Waals surface area (Å²) in [4.78, 5) is 21.6. The lowest BCUT2D eigenvalue weighted by Crippen LogP contribution is -2.57. The molecule has 3 saturated heterocycles. The lowest BCUT2D eigenvalue weighted by Gasteiger charge is -2.44. The minimum absolute atomic E-state index is 0.104. The summed E-state index contributed by atoms with van der Waals surface area (Å²) in [5.74, 6) is 0. The minimum atomic E-state index is 0.104. The van der Waals surface area contributed by atoms with Crippen LogP contribution in [0.25, 0.3) is 0 Å². The van der Waals surface area contributed by atoms with Crippen LogP contribution in [0.5, 0.6) is 0 Å². The summed E-state index contributed by atoms with van der Waals surface area (Å²) in [5.41, 5.74) is 0. The predicted molar refractivity (Wildman–Crippen MR) is 93.8 cm³/mol. The summed E-state index contributed by atoms with van der Waals surface area (Å²) < 4.78 is 0. The van der Waals surface area contributed by atoms with E-state index in [9.17, 15) is 4.79 Å². The van der Waals surface area contributed by atoms with Crippen molar-refractivity contribution in [1.29, 1.82) is 0 Å². The Labute approximate surface area is 141 Å². The van der Waals surface area contributed by atoms with Crippen molar-refractivity contribution in [3.05, 3.63) is 0 Å². The van der Waals surface area contributed by atoms with E-state index in [2.05, 4.69) is 26.6 Å². The largest absolute Gasteiger partial charge is 0.306 e. The number of rotatable bonds is 5. The maximum atomic E-state index is 11.6. The van der Waals surface area contributed by atoms with E-state index < -0.39 is 0 Å². The molecule has 3 rings (SSSR count). The van der Waals surface area contributed by atoms with Gasteiger partial charge in [0.05, 0.1) is 6.04 Å². The molecule has 0 aromatic rings. The Hall–Kier alpha value is -0.490. The molecule has 3 fully saturated rings. The van der Waals surface area contributed by atoms with Crippen molar-refractivity contribution in [2.45, 2.75) is 44.2 Å². The van der Waals surface area contributed by atoms with E-state index in [1.165, 1.54) is 64.6 Å². The molecule has 5 heteroatoms. The Kier molecular flexibility index (Phi) is 6.45. The standard InChI is InChI=1S/C18H34N4O/c1-19-9-5-17(6-10-19)21-11-13-22(14-12-21)18(16-23)15-20-7-3-2-4-8-20/h16-18H,2-15H2,1H3. The molecular formula is C18H34N4O. The SMILES string of the molecule is CN1CCC(N2CCN(C(C=O)CN3CCCCC3)CC2)CC1. The fourth-order valence-corrected chi connectivity index (χ4v) is 4.45. The molecule has 5 nitrogen and oxygen atoms in total. The molecule has 0 saturated carbocycles. The second-order valence-corrected chi connectivity index (χ2v) is 7.67. The van der Waals surface area contributed by atoms with Crippen molar-refractivity contribution in [2.75, 3.05) is 66.0 Å². The molecule has 0 aliphatic carbocycles. The molecule has 0 radical (unpaired) electrons. The number of piperidine rings is 2. The Bertz CT molecular complexity index is 356. The van der Waals surface area contributed by atoms with Crippen LogP contribution in [0.3, 0.4) is 0 Å². The molecule has 0 aromatic carbocycles. The summed E-state index contributed by atoms with van der Waals surface area (Å²) >= 11 is 0. The molecule has 1 unspecified atom stereocenters. The molecule has 0 bridgehead atoms. The van der Waals surface area contributed by atoms with Gasteiger partial charge in [-0.1, -0.05) is 6.42 Å². The maximum absolute atomic E-state index is 11.6. The molecule has 0 aromatic heterocycles. The first-order valence-electron chi connectivity index (χ1n) is 9.60. The molecule has 1 atom stereocenters. The summed E-state index contributed by atoms with van der Waals surface area (Å²) in [5, 5.41) is 0. The molecule has 132 valence electrons. The fraction of sp³-hybridized carbons (Fsp3) is 0.944. The van der Waals surface area contributed by atoms with Crippen molar-refractivity contribution in [3.63, 3.8) is 0 Å². The Balaban J connectivity index is 1.44. The van der Waals surface area contributed by atoms with Crippen molar-refractivity contribution in [2.24, 2.45) is 0 Å². The van der Waals surface area contributed by atoms with Gasteiger partial charge < -0.3 is 14.6 Å². The van der Waals surface area contributed by atoms with Gasteiger partial charge in [0, 0.05) is 38.8 Å². The zero-order valence-corrected chi connectivity index (χ0v) is 14.8. The van der Waals surface area contributed by atoms with Gasteiger partial charge in [0.15, 0.2) is 0 Å². The number of carbonyl (C=O) groups is 1. The van der Waals surface area contributed by atoms with E-state index in [1.54, 1.807) is 0 Å². The zero-order valence-electron chi connectivity index (χ0n) is 14.8. The van der Waals surface area contributed by atoms with Crippen LogP contribution < -0.4 is 0 Å². The van der Waals surface area contributed by atoms with Crippen LogP contribution >= 0.6 is 0 Å². The number of hydrogen-bond donors (Lipinski definition) is 0. The smallest absolute Gasteiger partial charge is 0.138 e. The molecule has 3 aliphatic rings. The number of aldehydes is 1.